The van der Waals surface area contributed by atoms with Crippen molar-refractivity contribution in [3.8, 4) is 0 Å². The number of anilines is 1. The molecule has 2 aromatic heterocycles. The number of Topliss-reactive ketones (excluding diaryl/α,β-unsaturated/α-hetero) is 2. The highest BCUT2D eigenvalue weighted by Gasteiger charge is 2.50. The number of hydrogen-bond acceptors (Lipinski definition) is 20. The van der Waals surface area contributed by atoms with Crippen LogP contribution in [0.1, 0.15) is 59.1 Å². The first-order valence-corrected chi connectivity index (χ1v) is 22.9. The zero-order valence-corrected chi connectivity index (χ0v) is 35.2. The summed E-state index contributed by atoms with van der Waals surface area (Å²) in [6, 6.07) is 0. The van der Waals surface area contributed by atoms with Crippen molar-refractivity contribution in [3.63, 3.8) is 0 Å². The summed E-state index contributed by atoms with van der Waals surface area (Å²) in [4.78, 5) is 111. The number of nitrogens with two attached hydrogens (primary N) is 1. The van der Waals surface area contributed by atoms with Crippen molar-refractivity contribution in [3.05, 3.63) is 12.7 Å². The van der Waals surface area contributed by atoms with Crippen LogP contribution >= 0.6 is 35.2 Å². The summed E-state index contributed by atoms with van der Waals surface area (Å²) in [5, 5.41) is 25.8. The highest BCUT2D eigenvalue weighted by atomic mass is 32.2. The zero-order valence-electron chi connectivity index (χ0n) is 31.7. The third kappa shape index (κ3) is 16.0. The standard InChI is InChI=1S/C29H46N7O19P3S/c1-4-5-16(37)10-17(38)11-20(40)59-9-8-31-19(39)6-7-32-27(43)24(42)29(2,3)13-52-58(49,50)55-57(47,48)51-12-18-23(54-56(44,45)46)22(41)28(53-18)36-15-35-21-25(30)33-14-34-26(21)36/h14-15,18,22-24,28,41-42H,4-13H2,1-3H3,(H,31,39)(H,32,43)(H,47,48)(H,49,50)(H2,30,33,34)(H2,44,45,46)/t18-,22-,23-,24+,28-/m1/s1. The van der Waals surface area contributed by atoms with Crippen LogP contribution in [0.5, 0.6) is 0 Å². The number of carbonyl (C=O) groups excluding carboxylic acids is 5. The molecule has 2 unspecified atom stereocenters. The Kier molecular flexibility index (Phi) is 18.4. The summed E-state index contributed by atoms with van der Waals surface area (Å²) in [5.74, 6) is -2.19. The molecule has 0 aliphatic carbocycles. The van der Waals surface area contributed by atoms with Gasteiger partial charge in [0.05, 0.1) is 32.4 Å². The summed E-state index contributed by atoms with van der Waals surface area (Å²) in [6.07, 6.45) is -6.98. The Bertz CT molecular complexity index is 1980. The normalized spacial score (nSPS) is 21.0. The number of ketones is 2. The number of aliphatic hydroxyl groups is 2. The average Bonchev–Trinajstić information content (AvgIpc) is 3.68. The molecule has 26 nitrogen and oxygen atoms in total. The van der Waals surface area contributed by atoms with E-state index in [9.17, 15) is 67.5 Å². The summed E-state index contributed by atoms with van der Waals surface area (Å²) in [6.45, 7) is 1.95. The van der Waals surface area contributed by atoms with Crippen LogP contribution < -0.4 is 16.4 Å². The quantitative estimate of drug-likeness (QED) is 0.0340. The lowest BCUT2D eigenvalue weighted by Crippen LogP contribution is -2.46. The molecule has 0 spiro atoms. The number of carbonyl (C=O) groups is 5. The Balaban J connectivity index is 1.45. The molecule has 0 radical (unpaired) electrons. The second kappa shape index (κ2) is 21.6. The maximum atomic E-state index is 12.7. The molecule has 2 aromatic rings. The number of aromatic nitrogens is 4. The summed E-state index contributed by atoms with van der Waals surface area (Å²) < 4.78 is 62.0. The van der Waals surface area contributed by atoms with Gasteiger partial charge in [0.1, 0.15) is 47.8 Å². The van der Waals surface area contributed by atoms with Gasteiger partial charge in [-0.25, -0.2) is 28.6 Å². The molecule has 1 fully saturated rings. The van der Waals surface area contributed by atoms with Gasteiger partial charge in [0.25, 0.3) is 0 Å². The molecule has 0 aromatic carbocycles. The van der Waals surface area contributed by atoms with Crippen LogP contribution in [0.3, 0.4) is 0 Å². The lowest BCUT2D eigenvalue weighted by Gasteiger charge is -2.30. The molecule has 7 atom stereocenters. The largest absolute Gasteiger partial charge is 0.481 e. The van der Waals surface area contributed by atoms with Crippen LogP contribution in [-0.2, 0) is 60.3 Å². The number of nitrogens with one attached hydrogen (secondary N) is 2. The van der Waals surface area contributed by atoms with E-state index in [1.807, 2.05) is 0 Å². The zero-order chi connectivity index (χ0) is 44.3. The van der Waals surface area contributed by atoms with Crippen LogP contribution in [0.2, 0.25) is 0 Å². The third-order valence-corrected chi connectivity index (χ3v) is 12.0. The first-order chi connectivity index (χ1) is 27.3. The Hall–Kier alpha value is -3.10. The van der Waals surface area contributed by atoms with Crippen LogP contribution in [-0.4, -0.2) is 134 Å². The minimum atomic E-state index is -5.59. The molecular weight excluding hydrogens is 875 g/mol. The Morgan fingerprint density at radius 2 is 1.66 bits per heavy atom. The molecule has 0 saturated carbocycles. The molecule has 1 aliphatic rings. The van der Waals surface area contributed by atoms with Gasteiger partial charge in [-0.05, 0) is 6.42 Å². The molecular formula is C29H46N7O19P3S. The van der Waals surface area contributed by atoms with Crippen molar-refractivity contribution in [1.29, 1.82) is 0 Å². The molecule has 332 valence electrons. The predicted molar refractivity (Wildman–Crippen MR) is 201 cm³/mol. The Morgan fingerprint density at radius 3 is 2.32 bits per heavy atom. The molecule has 59 heavy (non-hydrogen) atoms. The highest BCUT2D eigenvalue weighted by Crippen LogP contribution is 2.61. The number of rotatable bonds is 25. The second-order valence-electron chi connectivity index (χ2n) is 13.5. The first kappa shape index (κ1) is 50.3. The van der Waals surface area contributed by atoms with Crippen LogP contribution in [0.15, 0.2) is 12.7 Å². The highest BCUT2D eigenvalue weighted by molar-refractivity contribution is 8.13. The summed E-state index contributed by atoms with van der Waals surface area (Å²) >= 11 is 0.807. The maximum Gasteiger partial charge on any atom is 0.481 e. The fourth-order valence-corrected chi connectivity index (χ4v) is 8.68. The smallest absolute Gasteiger partial charge is 0.386 e. The number of aliphatic hydroxyl groups excluding tert-OH is 2. The number of ether oxygens (including phenoxy) is 1. The SMILES string of the molecule is CCCC(=O)CC(=O)CC(=O)SCCNC(=O)CCNC(=O)[C@H](O)C(C)(C)COP(=O)(O)OP(=O)(O)OC[C@H]1O[C@@H](n2cnc3c(N)ncnc32)[C@H](O)[C@@H]1OP(=O)(O)O. The average molecular weight is 922 g/mol. The first-order valence-electron chi connectivity index (χ1n) is 17.4. The number of phosphoric acid groups is 3. The Labute approximate surface area is 339 Å². The van der Waals surface area contributed by atoms with Crippen molar-refractivity contribution in [2.45, 2.75) is 83.5 Å². The predicted octanol–water partition coefficient (Wildman–Crippen LogP) is -0.617. The van der Waals surface area contributed by atoms with E-state index < -0.39 is 102 Å². The fraction of sp³-hybridized carbons (Fsp3) is 0.655. The van der Waals surface area contributed by atoms with E-state index in [1.165, 1.54) is 13.8 Å². The lowest BCUT2D eigenvalue weighted by atomic mass is 9.87. The molecule has 30 heteroatoms. The lowest BCUT2D eigenvalue weighted by molar-refractivity contribution is -0.137. The summed E-state index contributed by atoms with van der Waals surface area (Å²) in [7, 11) is -16.5. The van der Waals surface area contributed by atoms with Crippen molar-refractivity contribution in [2.24, 2.45) is 5.41 Å². The molecule has 2 amide bonds. The van der Waals surface area contributed by atoms with Gasteiger partial charge >= 0.3 is 23.5 Å². The number of nitrogens with zero attached hydrogens (tertiary/aromatic N) is 4. The van der Waals surface area contributed by atoms with Crippen LogP contribution in [0.4, 0.5) is 5.82 Å². The molecule has 3 rings (SSSR count). The molecule has 0 bridgehead atoms. The molecule has 1 saturated heterocycles. The number of thioether (sulfide) groups is 1. The topological polar surface area (TPSA) is 398 Å². The number of imidazole rings is 1. The van der Waals surface area contributed by atoms with Gasteiger partial charge in [-0.1, -0.05) is 32.5 Å². The van der Waals surface area contributed by atoms with E-state index in [0.717, 1.165) is 29.0 Å². The fourth-order valence-electron chi connectivity index (χ4n) is 5.16. The van der Waals surface area contributed by atoms with Crippen molar-refractivity contribution < 1.29 is 90.1 Å². The number of nitrogen functional groups attached to an aromatic ring is 1. The monoisotopic (exact) mass is 921 g/mol. The van der Waals surface area contributed by atoms with Gasteiger partial charge in [-0.15, -0.1) is 0 Å². The van der Waals surface area contributed by atoms with Gasteiger partial charge in [0, 0.05) is 37.1 Å². The molecule has 3 heterocycles. The van der Waals surface area contributed by atoms with Gasteiger partial charge in [-0.3, -0.25) is 42.1 Å². The van der Waals surface area contributed by atoms with Gasteiger partial charge in [0.15, 0.2) is 22.8 Å². The number of fused-ring (bicyclic) bond motifs is 1. The van der Waals surface area contributed by atoms with E-state index in [2.05, 4.69) is 34.4 Å². The molecule has 1 aliphatic heterocycles. The number of amides is 2. The van der Waals surface area contributed by atoms with Gasteiger partial charge < -0.3 is 50.9 Å². The van der Waals surface area contributed by atoms with Crippen molar-refractivity contribution in [1.82, 2.24) is 30.2 Å². The van der Waals surface area contributed by atoms with Crippen molar-refractivity contribution in [2.75, 3.05) is 37.8 Å². The minimum Gasteiger partial charge on any atom is -0.386 e. The third-order valence-electron chi connectivity index (χ3n) is 8.03. The molecule has 10 N–H and O–H groups in total. The van der Waals surface area contributed by atoms with E-state index in [4.69, 9.17) is 19.5 Å². The van der Waals surface area contributed by atoms with Gasteiger partial charge in [0.2, 0.25) is 11.8 Å². The van der Waals surface area contributed by atoms with E-state index >= 15 is 0 Å². The second-order valence-corrected chi connectivity index (χ2v) is 18.9. The van der Waals surface area contributed by atoms with Crippen molar-refractivity contribution >= 4 is 80.7 Å². The van der Waals surface area contributed by atoms with E-state index in [1.54, 1.807) is 6.92 Å². The van der Waals surface area contributed by atoms with Crippen LogP contribution in [0, 0.1) is 5.41 Å². The van der Waals surface area contributed by atoms with Crippen LogP contribution in [0.25, 0.3) is 11.2 Å². The van der Waals surface area contributed by atoms with E-state index in [-0.39, 0.29) is 60.9 Å². The number of hydrogen-bond donors (Lipinski definition) is 9. The summed E-state index contributed by atoms with van der Waals surface area (Å²) in [5.41, 5.74) is 4.19. The maximum absolute atomic E-state index is 12.7. The van der Waals surface area contributed by atoms with E-state index in [0.29, 0.717) is 6.42 Å². The Morgan fingerprint density at radius 1 is 0.983 bits per heavy atom. The minimum absolute atomic E-state index is 0.0184. The number of phosphoric ester groups is 3. The van der Waals surface area contributed by atoms with Gasteiger partial charge in [-0.2, -0.15) is 4.31 Å².